The predicted octanol–water partition coefficient (Wildman–Crippen LogP) is 7.11. The number of ether oxygens (including phenoxy) is 3. The van der Waals surface area contributed by atoms with E-state index in [1.54, 1.807) is 27.0 Å². The van der Waals surface area contributed by atoms with E-state index in [1.165, 1.54) is 18.0 Å². The molecule has 10 rings (SSSR count). The van der Waals surface area contributed by atoms with Crippen molar-refractivity contribution >= 4 is 40.3 Å². The topological polar surface area (TPSA) is 171 Å². The number of carbonyl (C=O) groups excluding carboxylic acids is 4. The van der Waals surface area contributed by atoms with Gasteiger partial charge >= 0.3 is 5.97 Å². The molecule has 0 spiro atoms. The van der Waals surface area contributed by atoms with Crippen molar-refractivity contribution in [2.75, 3.05) is 65.5 Å². The van der Waals surface area contributed by atoms with Gasteiger partial charge in [0, 0.05) is 87.7 Å². The highest BCUT2D eigenvalue weighted by Crippen LogP contribution is 2.57. The number of amides is 3. The number of phenolic OH excluding ortho intramolecular Hbond substituents is 1. The molecule has 6 bridgehead atoms. The van der Waals surface area contributed by atoms with Crippen LogP contribution in [0.15, 0.2) is 79.0 Å². The van der Waals surface area contributed by atoms with Crippen LogP contribution in [0.1, 0.15) is 82.4 Å². The lowest BCUT2D eigenvalue weighted by molar-refractivity contribution is -0.154. The van der Waals surface area contributed by atoms with Crippen molar-refractivity contribution in [3.63, 3.8) is 0 Å². The van der Waals surface area contributed by atoms with Crippen LogP contribution in [0.5, 0.6) is 5.75 Å². The third-order valence-corrected chi connectivity index (χ3v) is 16.6. The lowest BCUT2D eigenvalue weighted by atomic mass is 9.84. The van der Waals surface area contributed by atoms with E-state index in [-0.39, 0.29) is 30.8 Å². The first-order chi connectivity index (χ1) is 36.7. The van der Waals surface area contributed by atoms with E-state index in [2.05, 4.69) is 57.3 Å². The van der Waals surface area contributed by atoms with Crippen LogP contribution in [-0.2, 0) is 52.8 Å². The fourth-order valence-electron chi connectivity index (χ4n) is 12.4. The Morgan fingerprint density at radius 3 is 2.44 bits per heavy atom. The number of pyridine rings is 1. The third kappa shape index (κ3) is 10.2. The molecular formula is C59H72F2N8O8. The van der Waals surface area contributed by atoms with Gasteiger partial charge in [0.15, 0.2) is 0 Å². The molecule has 4 aliphatic heterocycles. The number of piperazine rings is 1. The Bertz CT molecular complexity index is 3070. The van der Waals surface area contributed by atoms with Gasteiger partial charge in [-0.3, -0.25) is 29.2 Å². The van der Waals surface area contributed by atoms with Crippen molar-refractivity contribution in [1.29, 1.82) is 0 Å². The average molecular weight is 1060 g/mol. The van der Waals surface area contributed by atoms with Crippen LogP contribution >= 0.6 is 0 Å². The van der Waals surface area contributed by atoms with Gasteiger partial charge in [0.25, 0.3) is 17.7 Å². The Morgan fingerprint density at radius 1 is 1.00 bits per heavy atom. The summed E-state index contributed by atoms with van der Waals surface area (Å²) >= 11 is 0. The van der Waals surface area contributed by atoms with Gasteiger partial charge in [0.1, 0.15) is 36.0 Å². The van der Waals surface area contributed by atoms with E-state index in [1.807, 2.05) is 69.4 Å². The summed E-state index contributed by atoms with van der Waals surface area (Å²) in [4.78, 5) is 69.4. The molecule has 8 atom stereocenters. The number of hydrazine groups is 1. The fourth-order valence-corrected chi connectivity index (χ4v) is 12.4. The molecule has 6 heterocycles. The Morgan fingerprint density at radius 2 is 1.74 bits per heavy atom. The summed E-state index contributed by atoms with van der Waals surface area (Å²) < 4.78 is 52.3. The number of fused-ring (bicyclic) bond motifs is 9. The highest BCUT2D eigenvalue weighted by molar-refractivity contribution is 5.97. The minimum atomic E-state index is -3.45. The number of hydrogen-bond donors (Lipinski definition) is 3. The van der Waals surface area contributed by atoms with Gasteiger partial charge < -0.3 is 43.9 Å². The van der Waals surface area contributed by atoms with Crippen LogP contribution in [0.2, 0.25) is 0 Å². The molecule has 1 saturated carbocycles. The monoisotopic (exact) mass is 1060 g/mol. The number of methoxy groups -OCH3 is 1. The highest BCUT2D eigenvalue weighted by atomic mass is 19.3. The maximum Gasteiger partial charge on any atom is 0.325 e. The van der Waals surface area contributed by atoms with Gasteiger partial charge in [-0.05, 0) is 97.8 Å². The second kappa shape index (κ2) is 21.1. The summed E-state index contributed by atoms with van der Waals surface area (Å²) in [6, 6.07) is 16.9. The number of cyclic esters (lactones) is 1. The molecule has 5 aliphatic rings. The number of benzene rings is 3. The van der Waals surface area contributed by atoms with E-state index in [0.29, 0.717) is 37.1 Å². The Kier molecular flexibility index (Phi) is 14.7. The Hall–Kier alpha value is -6.47. The summed E-state index contributed by atoms with van der Waals surface area (Å²) in [5, 5.41) is 16.1. The number of phenols is 1. The Labute approximate surface area is 449 Å². The molecule has 3 saturated heterocycles. The number of nitrogens with one attached hydrogen (secondary N) is 2. The smallest absolute Gasteiger partial charge is 0.325 e. The number of carbonyl (C=O) groups is 4. The molecule has 16 nitrogen and oxygen atoms in total. The summed E-state index contributed by atoms with van der Waals surface area (Å²) in [7, 11) is 5.31. The van der Waals surface area contributed by atoms with Crippen LogP contribution in [0.25, 0.3) is 33.3 Å². The van der Waals surface area contributed by atoms with Crippen molar-refractivity contribution in [1.82, 2.24) is 35.1 Å². The molecule has 5 aromatic rings. The van der Waals surface area contributed by atoms with Crippen molar-refractivity contribution in [2.45, 2.75) is 116 Å². The van der Waals surface area contributed by atoms with Gasteiger partial charge in [-0.25, -0.2) is 14.2 Å². The number of halogens is 2. The van der Waals surface area contributed by atoms with Crippen molar-refractivity contribution in [3.05, 3.63) is 101 Å². The zero-order valence-electron chi connectivity index (χ0n) is 45.5. The van der Waals surface area contributed by atoms with E-state index >= 15 is 8.78 Å². The second-order valence-electron chi connectivity index (χ2n) is 22.9. The van der Waals surface area contributed by atoms with Crippen LogP contribution in [-0.4, -0.2) is 150 Å². The molecule has 4 fully saturated rings. The largest absolute Gasteiger partial charge is 0.508 e. The first-order valence-corrected chi connectivity index (χ1v) is 27.0. The quantitative estimate of drug-likeness (QED) is 0.115. The zero-order chi connectivity index (χ0) is 54.8. The van der Waals surface area contributed by atoms with E-state index < -0.39 is 77.1 Å². The first-order valence-electron chi connectivity index (χ1n) is 27.0. The minimum absolute atomic E-state index is 0.117. The van der Waals surface area contributed by atoms with E-state index in [4.69, 9.17) is 19.2 Å². The molecule has 2 aromatic heterocycles. The molecule has 0 radical (unpaired) electrons. The molecule has 3 N–H and O–H groups in total. The lowest BCUT2D eigenvalue weighted by Gasteiger charge is -2.35. The number of rotatable bonds is 11. The maximum atomic E-state index is 16.0. The Balaban J connectivity index is 1.07. The van der Waals surface area contributed by atoms with Crippen LogP contribution in [0.3, 0.4) is 0 Å². The highest BCUT2D eigenvalue weighted by Gasteiger charge is 2.80. The summed E-state index contributed by atoms with van der Waals surface area (Å²) in [5.41, 5.74) is 10.2. The lowest BCUT2D eigenvalue weighted by Crippen LogP contribution is -2.60. The normalized spacial score (nSPS) is 25.0. The van der Waals surface area contributed by atoms with E-state index in [0.717, 1.165) is 81.4 Å². The van der Waals surface area contributed by atoms with Gasteiger partial charge in [-0.2, -0.15) is 0 Å². The van der Waals surface area contributed by atoms with Gasteiger partial charge in [-0.15, -0.1) is 0 Å². The minimum Gasteiger partial charge on any atom is -0.508 e. The molecule has 0 unspecified atom stereocenters. The average Bonchev–Trinajstić information content (AvgIpc) is 4.07. The summed E-state index contributed by atoms with van der Waals surface area (Å²) in [6.07, 6.45) is 1.43. The van der Waals surface area contributed by atoms with E-state index in [9.17, 15) is 24.3 Å². The number of alkyl halides is 2. The number of aryl methyl sites for hydroxylation is 1. The molecule has 77 heavy (non-hydrogen) atoms. The number of nitrogens with zero attached hydrogens (tertiary/aromatic N) is 6. The van der Waals surface area contributed by atoms with Crippen LogP contribution in [0, 0.1) is 17.3 Å². The second-order valence-corrected chi connectivity index (χ2v) is 22.9. The van der Waals surface area contributed by atoms with Gasteiger partial charge in [-0.1, -0.05) is 70.2 Å². The number of esters is 1. The van der Waals surface area contributed by atoms with Crippen molar-refractivity contribution in [2.24, 2.45) is 17.3 Å². The van der Waals surface area contributed by atoms with Crippen LogP contribution in [0.4, 0.5) is 14.5 Å². The number of anilines is 1. The predicted molar refractivity (Wildman–Crippen MR) is 288 cm³/mol. The van der Waals surface area contributed by atoms with Gasteiger partial charge in [0.05, 0.1) is 41.9 Å². The molecule has 3 amide bonds. The molecular weight excluding hydrogens is 987 g/mol. The number of aromatic hydroxyl groups is 1. The number of hydrogen-bond acceptors (Lipinski definition) is 12. The van der Waals surface area contributed by atoms with Gasteiger partial charge in [0.2, 0.25) is 5.91 Å². The molecule has 18 heteroatoms. The van der Waals surface area contributed by atoms with Crippen molar-refractivity contribution < 1.29 is 47.3 Å². The number of aromatic nitrogens is 2. The number of likely N-dealkylation sites (N-methyl/N-ethyl adjacent to an activating group) is 2. The zero-order valence-corrected chi connectivity index (χ0v) is 45.5. The SMILES string of the molecule is CCn1c(-c2cc(N3CCN(C)CC3)cnc2[C@H](C)OC)c2c3cc(ccc31)-c1cc(O)cc(c1)C[C@H](NC(=O)[C@H](C(C)C)N(C)C(=O)[C@@H]1OCC[C@@H]1c1ccccc1)C(=O)N1N[C@H](C(=O)OCC(C)(C)C2)[C@@H]2[C@H]1C2(F)F. The standard InChI is InChI=1S/C59H72F2N8O8/c1-10-68-46-17-16-37-28-42(46)44(51(68)43-29-39(31-62-48(43)34(4)75-9)67-21-19-65(7)20-22-67)30-58(5,6)32-77-57(74)49-47-53(59(47,60)61)69(64-49)55(72)45(26-35-24-38(37)27-40(70)25-35)63-54(71)50(33(2)3)66(8)56(73)52-41(18-23-76-52)36-14-12-11-13-15-36/h11-17,24-25,27-29,31,33-34,41,45,47,49-50,52-53,64,70H,10,18-23,26,30,32H2,1-9H3,(H,63,71)/t34-,41+,45-,47+,49-,50-,52+,53-/m0/s1. The fraction of sp³-hybridized carbons (Fsp3) is 0.508. The summed E-state index contributed by atoms with van der Waals surface area (Å²) in [5.74, 6) is -8.82. The maximum absolute atomic E-state index is 16.0. The first kappa shape index (κ1) is 53.9. The van der Waals surface area contributed by atoms with Crippen LogP contribution < -0.4 is 15.6 Å². The molecule has 1 aliphatic carbocycles. The molecule has 3 aromatic carbocycles. The third-order valence-electron chi connectivity index (χ3n) is 16.6. The summed E-state index contributed by atoms with van der Waals surface area (Å²) in [6.45, 7) is 15.8. The molecule has 410 valence electrons. The van der Waals surface area contributed by atoms with Crippen molar-refractivity contribution in [3.8, 4) is 28.1 Å².